The Kier molecular flexibility index (Phi) is 4.63. The Bertz CT molecular complexity index is 739. The van der Waals surface area contributed by atoms with Crippen molar-refractivity contribution in [1.82, 2.24) is 4.72 Å². The van der Waals surface area contributed by atoms with Gasteiger partial charge in [-0.05, 0) is 60.4 Å². The van der Waals surface area contributed by atoms with Crippen molar-refractivity contribution in [2.75, 3.05) is 6.61 Å². The van der Waals surface area contributed by atoms with Gasteiger partial charge in [-0.1, -0.05) is 12.1 Å². The van der Waals surface area contributed by atoms with E-state index in [1.54, 1.807) is 12.1 Å². The minimum Gasteiger partial charge on any atom is -0.396 e. The van der Waals surface area contributed by atoms with Crippen LogP contribution in [0.5, 0.6) is 0 Å². The average Bonchev–Trinajstić information content (AvgIpc) is 3.17. The first-order valence-corrected chi connectivity index (χ1v) is 9.75. The minimum absolute atomic E-state index is 0.0602. The molecule has 0 amide bonds. The summed E-state index contributed by atoms with van der Waals surface area (Å²) < 4.78 is 28.0. The highest BCUT2D eigenvalue weighted by Gasteiger charge is 2.23. The third-order valence-corrected chi connectivity index (χ3v) is 6.44. The highest BCUT2D eigenvalue weighted by molar-refractivity contribution is 7.89. The number of rotatable bonds is 6. The summed E-state index contributed by atoms with van der Waals surface area (Å²) in [6, 6.07) is 8.77. The van der Waals surface area contributed by atoms with Crippen molar-refractivity contribution in [3.63, 3.8) is 0 Å². The standard InChI is InChI=1S/C16H19NO3S2/c18-9-8-15(16-5-2-10-21-16)17-22(19,20)14-7-6-12-3-1-4-13(12)11-14/h2,5-7,10-11,15,17-18H,1,3-4,8-9H2/t15-/m1/s1. The summed E-state index contributed by atoms with van der Waals surface area (Å²) in [6.07, 6.45) is 3.44. The molecule has 0 aliphatic heterocycles. The molecule has 0 saturated heterocycles. The predicted molar refractivity (Wildman–Crippen MR) is 87.6 cm³/mol. The van der Waals surface area contributed by atoms with Crippen molar-refractivity contribution in [2.24, 2.45) is 0 Å². The molecule has 6 heteroatoms. The highest BCUT2D eigenvalue weighted by Crippen LogP contribution is 2.27. The summed E-state index contributed by atoms with van der Waals surface area (Å²) in [5, 5.41) is 11.1. The highest BCUT2D eigenvalue weighted by atomic mass is 32.2. The number of sulfonamides is 1. The molecule has 0 spiro atoms. The number of hydrogen-bond acceptors (Lipinski definition) is 4. The Balaban J connectivity index is 1.85. The molecule has 2 N–H and O–H groups in total. The molecule has 0 bridgehead atoms. The maximum atomic E-state index is 12.6. The molecule has 0 saturated carbocycles. The molecule has 0 fully saturated rings. The maximum Gasteiger partial charge on any atom is 0.241 e. The summed E-state index contributed by atoms with van der Waals surface area (Å²) in [7, 11) is -3.58. The van der Waals surface area contributed by atoms with E-state index in [4.69, 9.17) is 0 Å². The summed E-state index contributed by atoms with van der Waals surface area (Å²) in [5.41, 5.74) is 2.39. The first-order chi connectivity index (χ1) is 10.6. The van der Waals surface area contributed by atoms with Crippen LogP contribution >= 0.6 is 11.3 Å². The molecule has 1 heterocycles. The number of aliphatic hydroxyl groups is 1. The van der Waals surface area contributed by atoms with Gasteiger partial charge in [-0.3, -0.25) is 0 Å². The van der Waals surface area contributed by atoms with Crippen molar-refractivity contribution in [1.29, 1.82) is 0 Å². The molecular formula is C16H19NO3S2. The zero-order valence-electron chi connectivity index (χ0n) is 12.2. The van der Waals surface area contributed by atoms with Gasteiger partial charge >= 0.3 is 0 Å². The van der Waals surface area contributed by atoms with E-state index in [1.807, 2.05) is 23.6 Å². The fourth-order valence-electron chi connectivity index (χ4n) is 2.85. The average molecular weight is 337 g/mol. The second kappa shape index (κ2) is 6.50. The van der Waals surface area contributed by atoms with Crippen molar-refractivity contribution >= 4 is 21.4 Å². The predicted octanol–water partition coefficient (Wildman–Crippen LogP) is 2.64. The normalized spacial score (nSPS) is 15.7. The van der Waals surface area contributed by atoms with Crippen LogP contribution in [0.1, 0.15) is 34.9 Å². The van der Waals surface area contributed by atoms with Gasteiger partial charge in [0.1, 0.15) is 0 Å². The van der Waals surface area contributed by atoms with E-state index in [9.17, 15) is 13.5 Å². The van der Waals surface area contributed by atoms with Crippen molar-refractivity contribution in [2.45, 2.75) is 36.6 Å². The molecule has 1 aliphatic carbocycles. The summed E-state index contributed by atoms with van der Waals surface area (Å²) in [5.74, 6) is 0. The molecule has 2 aromatic rings. The lowest BCUT2D eigenvalue weighted by Crippen LogP contribution is -2.29. The second-order valence-corrected chi connectivity index (χ2v) is 8.18. The van der Waals surface area contributed by atoms with Crippen molar-refractivity contribution < 1.29 is 13.5 Å². The lowest BCUT2D eigenvalue weighted by atomic mass is 10.1. The van der Waals surface area contributed by atoms with Gasteiger partial charge in [-0.2, -0.15) is 0 Å². The molecule has 1 atom stereocenters. The van der Waals surface area contributed by atoms with Crippen LogP contribution in [0.25, 0.3) is 0 Å². The molecule has 0 radical (unpaired) electrons. The van der Waals surface area contributed by atoms with E-state index in [0.29, 0.717) is 11.3 Å². The fraction of sp³-hybridized carbons (Fsp3) is 0.375. The van der Waals surface area contributed by atoms with Crippen LogP contribution < -0.4 is 4.72 Å². The number of nitrogens with one attached hydrogen (secondary N) is 1. The smallest absolute Gasteiger partial charge is 0.241 e. The Morgan fingerprint density at radius 3 is 2.77 bits per heavy atom. The molecule has 118 valence electrons. The van der Waals surface area contributed by atoms with E-state index in [0.717, 1.165) is 29.7 Å². The van der Waals surface area contributed by atoms with Crippen LogP contribution in [0.4, 0.5) is 0 Å². The fourth-order valence-corrected chi connectivity index (χ4v) is 5.04. The number of hydrogen-bond donors (Lipinski definition) is 2. The van der Waals surface area contributed by atoms with Gasteiger partial charge in [0, 0.05) is 11.5 Å². The Morgan fingerprint density at radius 2 is 2.05 bits per heavy atom. The first kappa shape index (κ1) is 15.7. The lowest BCUT2D eigenvalue weighted by molar-refractivity contribution is 0.273. The number of fused-ring (bicyclic) bond motifs is 1. The van der Waals surface area contributed by atoms with Crippen LogP contribution in [0.2, 0.25) is 0 Å². The zero-order chi connectivity index (χ0) is 15.6. The van der Waals surface area contributed by atoms with E-state index in [-0.39, 0.29) is 12.6 Å². The van der Waals surface area contributed by atoms with Crippen molar-refractivity contribution in [3.8, 4) is 0 Å². The topological polar surface area (TPSA) is 66.4 Å². The quantitative estimate of drug-likeness (QED) is 0.851. The van der Waals surface area contributed by atoms with Crippen LogP contribution in [-0.2, 0) is 22.9 Å². The van der Waals surface area contributed by atoms with E-state index >= 15 is 0 Å². The monoisotopic (exact) mass is 337 g/mol. The third-order valence-electron chi connectivity index (χ3n) is 3.98. The van der Waals surface area contributed by atoms with Gasteiger partial charge in [-0.15, -0.1) is 11.3 Å². The summed E-state index contributed by atoms with van der Waals surface area (Å²) in [6.45, 7) is -0.0602. The van der Waals surface area contributed by atoms with Crippen LogP contribution in [0.3, 0.4) is 0 Å². The van der Waals surface area contributed by atoms with E-state index in [1.165, 1.54) is 16.9 Å². The Labute approximate surface area is 134 Å². The Morgan fingerprint density at radius 1 is 1.23 bits per heavy atom. The number of thiophene rings is 1. The molecule has 1 aromatic heterocycles. The number of aliphatic hydroxyl groups excluding tert-OH is 1. The van der Waals surface area contributed by atoms with Gasteiger partial charge in [0.05, 0.1) is 10.9 Å². The zero-order valence-corrected chi connectivity index (χ0v) is 13.8. The van der Waals surface area contributed by atoms with Gasteiger partial charge in [0.2, 0.25) is 10.0 Å². The second-order valence-electron chi connectivity index (χ2n) is 5.49. The SMILES string of the molecule is O=S(=O)(N[C@H](CCO)c1cccs1)c1ccc2c(c1)CCC2. The van der Waals surface area contributed by atoms with Crippen LogP contribution in [0.15, 0.2) is 40.6 Å². The minimum atomic E-state index is -3.58. The van der Waals surface area contributed by atoms with E-state index in [2.05, 4.69) is 4.72 Å². The third kappa shape index (κ3) is 3.25. The number of aryl methyl sites for hydroxylation is 2. The maximum absolute atomic E-state index is 12.6. The van der Waals surface area contributed by atoms with Crippen LogP contribution in [0, 0.1) is 0 Å². The van der Waals surface area contributed by atoms with Gasteiger partial charge < -0.3 is 5.11 Å². The first-order valence-electron chi connectivity index (χ1n) is 7.38. The van der Waals surface area contributed by atoms with Gasteiger partial charge in [0.15, 0.2) is 0 Å². The molecule has 22 heavy (non-hydrogen) atoms. The lowest BCUT2D eigenvalue weighted by Gasteiger charge is -2.17. The van der Waals surface area contributed by atoms with E-state index < -0.39 is 10.0 Å². The molecule has 1 aliphatic rings. The molecule has 0 unspecified atom stereocenters. The van der Waals surface area contributed by atoms with Gasteiger partial charge in [0.25, 0.3) is 0 Å². The van der Waals surface area contributed by atoms with Crippen molar-refractivity contribution in [3.05, 3.63) is 51.7 Å². The Hall–Kier alpha value is -1.21. The molecule has 4 nitrogen and oxygen atoms in total. The van der Waals surface area contributed by atoms with Crippen LogP contribution in [-0.4, -0.2) is 20.1 Å². The number of benzene rings is 1. The molecular weight excluding hydrogens is 318 g/mol. The largest absolute Gasteiger partial charge is 0.396 e. The summed E-state index contributed by atoms with van der Waals surface area (Å²) >= 11 is 1.49. The summed E-state index contributed by atoms with van der Waals surface area (Å²) in [4.78, 5) is 1.23. The molecule has 1 aromatic carbocycles. The van der Waals surface area contributed by atoms with Gasteiger partial charge in [-0.25, -0.2) is 13.1 Å². The molecule has 3 rings (SSSR count).